The highest BCUT2D eigenvalue weighted by atomic mass is 16.5. The molecule has 1 aromatic carbocycles. The van der Waals surface area contributed by atoms with E-state index < -0.39 is 0 Å². The first kappa shape index (κ1) is 16.2. The van der Waals surface area contributed by atoms with Crippen LogP contribution in [0, 0.1) is 6.92 Å². The fraction of sp³-hybridized carbons (Fsp3) is 0.412. The molecule has 5 nitrogen and oxygen atoms in total. The lowest BCUT2D eigenvalue weighted by Gasteiger charge is -2.26. The number of nitrogens with one attached hydrogen (secondary N) is 1. The van der Waals surface area contributed by atoms with Crippen LogP contribution in [0.3, 0.4) is 0 Å². The third-order valence-corrected chi connectivity index (χ3v) is 3.82. The Labute approximate surface area is 131 Å². The van der Waals surface area contributed by atoms with Gasteiger partial charge in [-0.05, 0) is 32.5 Å². The molecule has 0 spiro atoms. The zero-order valence-electron chi connectivity index (χ0n) is 13.6. The van der Waals surface area contributed by atoms with Crippen molar-refractivity contribution in [2.75, 3.05) is 18.9 Å². The number of hydrogen-bond donors (Lipinski definition) is 1. The van der Waals surface area contributed by atoms with Crippen LogP contribution >= 0.6 is 0 Å². The number of carbonyl (C=O) groups excluding carboxylic acids is 1. The third kappa shape index (κ3) is 3.36. The van der Waals surface area contributed by atoms with Gasteiger partial charge in [0.1, 0.15) is 17.4 Å². The highest BCUT2D eigenvalue weighted by molar-refractivity contribution is 5.96. The Bertz CT molecular complexity index is 622. The number of anilines is 1. The van der Waals surface area contributed by atoms with Crippen LogP contribution in [0.15, 0.2) is 34.9 Å². The molecule has 0 radical (unpaired) electrons. The monoisotopic (exact) mass is 301 g/mol. The molecule has 1 atom stereocenters. The van der Waals surface area contributed by atoms with Crippen molar-refractivity contribution in [3.8, 4) is 0 Å². The number of aryl methyl sites for hydroxylation is 2. The van der Waals surface area contributed by atoms with Gasteiger partial charge in [-0.1, -0.05) is 49.3 Å². The average Bonchev–Trinajstić information content (AvgIpc) is 2.88. The number of benzene rings is 1. The van der Waals surface area contributed by atoms with E-state index in [1.807, 2.05) is 63.1 Å². The first-order chi connectivity index (χ1) is 10.6. The van der Waals surface area contributed by atoms with Gasteiger partial charge in [-0.15, -0.1) is 0 Å². The van der Waals surface area contributed by atoms with Gasteiger partial charge in [0, 0.05) is 0 Å². The van der Waals surface area contributed by atoms with Crippen LogP contribution in [0.1, 0.15) is 36.9 Å². The molecule has 2 aromatic rings. The fourth-order valence-corrected chi connectivity index (χ4v) is 2.44. The van der Waals surface area contributed by atoms with Crippen molar-refractivity contribution in [2.24, 2.45) is 0 Å². The minimum absolute atomic E-state index is 0.0726. The van der Waals surface area contributed by atoms with Gasteiger partial charge in [0.05, 0.1) is 0 Å². The third-order valence-electron chi connectivity index (χ3n) is 3.82. The van der Waals surface area contributed by atoms with E-state index in [-0.39, 0.29) is 11.9 Å². The number of aromatic nitrogens is 1. The molecular weight excluding hydrogens is 278 g/mol. The molecule has 0 aliphatic carbocycles. The summed E-state index contributed by atoms with van der Waals surface area (Å²) >= 11 is 0. The van der Waals surface area contributed by atoms with Crippen LogP contribution < -0.4 is 5.32 Å². The lowest BCUT2D eigenvalue weighted by molar-refractivity contribution is -0.121. The number of amides is 1. The summed E-state index contributed by atoms with van der Waals surface area (Å²) in [6, 6.07) is 9.44. The Morgan fingerprint density at radius 2 is 2.00 bits per heavy atom. The minimum Gasteiger partial charge on any atom is -0.359 e. The second-order valence-electron chi connectivity index (χ2n) is 5.29. The van der Waals surface area contributed by atoms with Crippen LogP contribution in [-0.4, -0.2) is 29.6 Å². The summed E-state index contributed by atoms with van der Waals surface area (Å²) in [4.78, 5) is 14.8. The number of likely N-dealkylation sites (N-methyl/N-ethyl adjacent to an activating group) is 1. The normalized spacial score (nSPS) is 12.4. The average molecular weight is 301 g/mol. The molecule has 118 valence electrons. The Morgan fingerprint density at radius 3 is 2.59 bits per heavy atom. The predicted octanol–water partition coefficient (Wildman–Crippen LogP) is 3.18. The Morgan fingerprint density at radius 1 is 1.32 bits per heavy atom. The molecule has 1 N–H and O–H groups in total. The Balaban J connectivity index is 2.28. The maximum Gasteiger partial charge on any atom is 0.246 e. The number of hydrogen-bond acceptors (Lipinski definition) is 4. The smallest absolute Gasteiger partial charge is 0.246 e. The Kier molecular flexibility index (Phi) is 5.33. The van der Waals surface area contributed by atoms with Crippen molar-refractivity contribution in [2.45, 2.75) is 33.2 Å². The molecule has 2 rings (SSSR count). The van der Waals surface area contributed by atoms with Gasteiger partial charge < -0.3 is 9.84 Å². The molecular formula is C17H23N3O2. The van der Waals surface area contributed by atoms with Crippen LogP contribution in [0.2, 0.25) is 0 Å². The summed E-state index contributed by atoms with van der Waals surface area (Å²) in [5.41, 5.74) is 2.44. The van der Waals surface area contributed by atoms with E-state index in [0.29, 0.717) is 17.9 Å². The van der Waals surface area contributed by atoms with Crippen LogP contribution in [0.4, 0.5) is 5.69 Å². The van der Waals surface area contributed by atoms with E-state index in [1.165, 1.54) is 0 Å². The van der Waals surface area contributed by atoms with E-state index >= 15 is 0 Å². The summed E-state index contributed by atoms with van der Waals surface area (Å²) in [5, 5.41) is 6.97. The van der Waals surface area contributed by atoms with E-state index in [0.717, 1.165) is 17.8 Å². The summed E-state index contributed by atoms with van der Waals surface area (Å²) in [6.07, 6.45) is 0.715. The second kappa shape index (κ2) is 7.22. The molecule has 0 unspecified atom stereocenters. The first-order valence-electron chi connectivity index (χ1n) is 7.59. The van der Waals surface area contributed by atoms with E-state index in [1.54, 1.807) is 0 Å². The number of rotatable bonds is 6. The number of nitrogens with zero attached hydrogens (tertiary/aromatic N) is 2. The zero-order valence-corrected chi connectivity index (χ0v) is 13.6. The number of carbonyl (C=O) groups is 1. The summed E-state index contributed by atoms with van der Waals surface area (Å²) < 4.78 is 5.18. The summed E-state index contributed by atoms with van der Waals surface area (Å²) in [7, 11) is 1.94. The largest absolute Gasteiger partial charge is 0.359 e. The van der Waals surface area contributed by atoms with Gasteiger partial charge in [0.2, 0.25) is 5.91 Å². The van der Waals surface area contributed by atoms with Gasteiger partial charge in [-0.3, -0.25) is 9.69 Å². The Hall–Kier alpha value is -2.14. The van der Waals surface area contributed by atoms with Gasteiger partial charge in [-0.25, -0.2) is 0 Å². The van der Waals surface area contributed by atoms with Gasteiger partial charge >= 0.3 is 0 Å². The molecule has 0 aliphatic rings. The molecule has 1 aromatic heterocycles. The topological polar surface area (TPSA) is 58.4 Å². The molecule has 22 heavy (non-hydrogen) atoms. The van der Waals surface area contributed by atoms with Crippen LogP contribution in [0.25, 0.3) is 0 Å². The highest BCUT2D eigenvalue weighted by Gasteiger charge is 2.26. The van der Waals surface area contributed by atoms with Crippen molar-refractivity contribution in [3.63, 3.8) is 0 Å². The molecule has 0 aliphatic heterocycles. The summed E-state index contributed by atoms with van der Waals surface area (Å²) in [6.45, 7) is 6.60. The zero-order chi connectivity index (χ0) is 16.1. The molecule has 0 saturated heterocycles. The predicted molar refractivity (Wildman–Crippen MR) is 86.7 cm³/mol. The minimum atomic E-state index is -0.342. The maximum absolute atomic E-state index is 12.8. The fourth-order valence-electron chi connectivity index (χ4n) is 2.44. The lowest BCUT2D eigenvalue weighted by Crippen LogP contribution is -2.34. The SMILES string of the molecule is CCc1noc(C)c1NC(=O)[C@@H](c1ccccc1)N(C)CC. The molecule has 5 heteroatoms. The van der Waals surface area contributed by atoms with E-state index in [4.69, 9.17) is 4.52 Å². The second-order valence-corrected chi connectivity index (χ2v) is 5.29. The maximum atomic E-state index is 12.8. The molecule has 0 bridgehead atoms. The molecule has 1 heterocycles. The van der Waals surface area contributed by atoms with Gasteiger partial charge in [-0.2, -0.15) is 0 Å². The van der Waals surface area contributed by atoms with Crippen molar-refractivity contribution < 1.29 is 9.32 Å². The van der Waals surface area contributed by atoms with Gasteiger partial charge in [0.25, 0.3) is 0 Å². The standard InChI is InChI=1S/C17H23N3O2/c1-5-14-15(12(3)22-19-14)18-17(21)16(20(4)6-2)13-10-8-7-9-11-13/h7-11,16H,5-6H2,1-4H3,(H,18,21)/t16-/m1/s1. The van der Waals surface area contributed by atoms with Crippen molar-refractivity contribution in [3.05, 3.63) is 47.3 Å². The van der Waals surface area contributed by atoms with Crippen molar-refractivity contribution in [1.82, 2.24) is 10.1 Å². The molecule has 0 saturated carbocycles. The van der Waals surface area contributed by atoms with E-state index in [9.17, 15) is 4.79 Å². The quantitative estimate of drug-likeness (QED) is 0.890. The lowest BCUT2D eigenvalue weighted by atomic mass is 10.0. The van der Waals surface area contributed by atoms with Crippen LogP contribution in [-0.2, 0) is 11.2 Å². The van der Waals surface area contributed by atoms with Crippen LogP contribution in [0.5, 0.6) is 0 Å². The van der Waals surface area contributed by atoms with Crippen molar-refractivity contribution in [1.29, 1.82) is 0 Å². The molecule has 1 amide bonds. The van der Waals surface area contributed by atoms with Gasteiger partial charge in [0.15, 0.2) is 5.76 Å². The van der Waals surface area contributed by atoms with E-state index in [2.05, 4.69) is 10.5 Å². The summed E-state index contributed by atoms with van der Waals surface area (Å²) in [5.74, 6) is 0.563. The first-order valence-corrected chi connectivity index (χ1v) is 7.59. The highest BCUT2D eigenvalue weighted by Crippen LogP contribution is 2.25. The molecule has 0 fully saturated rings. The van der Waals surface area contributed by atoms with Crippen molar-refractivity contribution >= 4 is 11.6 Å².